The van der Waals surface area contributed by atoms with Crippen molar-refractivity contribution in [3.63, 3.8) is 0 Å². The van der Waals surface area contributed by atoms with Crippen LogP contribution in [0.15, 0.2) is 83.2 Å². The van der Waals surface area contributed by atoms with Crippen molar-refractivity contribution in [2.75, 3.05) is 12.4 Å². The third-order valence-electron chi connectivity index (χ3n) is 6.19. The molecule has 1 N–H and O–H groups in total. The molecule has 0 fully saturated rings. The first kappa shape index (κ1) is 27.4. The van der Waals surface area contributed by atoms with Crippen LogP contribution in [0.4, 0.5) is 5.95 Å². The van der Waals surface area contributed by atoms with E-state index in [1.807, 2.05) is 55.5 Å². The van der Waals surface area contributed by atoms with Crippen molar-refractivity contribution in [2.24, 2.45) is 0 Å². The Morgan fingerprint density at radius 3 is 2.38 bits per heavy atom. The first-order valence-corrected chi connectivity index (χ1v) is 14.0. The number of ether oxygens (including phenoxy) is 2. The van der Waals surface area contributed by atoms with Gasteiger partial charge < -0.3 is 14.8 Å². The molecule has 0 spiro atoms. The van der Waals surface area contributed by atoms with Crippen molar-refractivity contribution in [2.45, 2.75) is 30.5 Å². The molecule has 7 nitrogen and oxygen atoms in total. The van der Waals surface area contributed by atoms with Gasteiger partial charge in [0.15, 0.2) is 0 Å². The summed E-state index contributed by atoms with van der Waals surface area (Å²) in [6.07, 6.45) is 0. The standard InChI is InChI=1S/C28H23Cl3N4O3S/c1-16-24(26(36)37-2)25(17-10-12-19(13-11-17)38-14-20-22(30)8-5-9-23(20)31)35-27(32-16)33-28(34-35)39-15-18-6-3-4-7-21(18)29/h3-13,25H,14-15H2,1-2H3,(H,32,33,34). The molecule has 0 aliphatic carbocycles. The van der Waals surface area contributed by atoms with Gasteiger partial charge >= 0.3 is 5.97 Å². The van der Waals surface area contributed by atoms with Gasteiger partial charge in [-0.2, -0.15) is 4.98 Å². The number of halogens is 3. The topological polar surface area (TPSA) is 78.3 Å². The fourth-order valence-corrected chi connectivity index (χ4v) is 5.83. The van der Waals surface area contributed by atoms with Crippen molar-refractivity contribution >= 4 is 58.5 Å². The minimum atomic E-state index is -0.553. The van der Waals surface area contributed by atoms with Crippen molar-refractivity contribution in [1.29, 1.82) is 0 Å². The molecule has 1 aromatic heterocycles. The van der Waals surface area contributed by atoms with Gasteiger partial charge in [-0.15, -0.1) is 5.10 Å². The van der Waals surface area contributed by atoms with Crippen LogP contribution in [0.3, 0.4) is 0 Å². The molecule has 11 heteroatoms. The van der Waals surface area contributed by atoms with Crippen LogP contribution in [0.1, 0.15) is 29.7 Å². The summed E-state index contributed by atoms with van der Waals surface area (Å²) < 4.78 is 12.8. The molecule has 0 saturated carbocycles. The number of thioether (sulfide) groups is 1. The molecule has 1 aliphatic heterocycles. The summed E-state index contributed by atoms with van der Waals surface area (Å²) >= 11 is 20.3. The number of fused-ring (bicyclic) bond motifs is 1. The summed E-state index contributed by atoms with van der Waals surface area (Å²) in [6.45, 7) is 2.04. The lowest BCUT2D eigenvalue weighted by Crippen LogP contribution is -2.29. The van der Waals surface area contributed by atoms with Gasteiger partial charge in [0.1, 0.15) is 18.4 Å². The minimum absolute atomic E-state index is 0.219. The van der Waals surface area contributed by atoms with Gasteiger partial charge in [-0.25, -0.2) is 9.48 Å². The van der Waals surface area contributed by atoms with Crippen LogP contribution in [0, 0.1) is 0 Å². The number of anilines is 1. The van der Waals surface area contributed by atoms with Crippen LogP contribution in [-0.2, 0) is 21.9 Å². The summed E-state index contributed by atoms with van der Waals surface area (Å²) in [6, 6.07) is 19.9. The van der Waals surface area contributed by atoms with Crippen LogP contribution < -0.4 is 10.1 Å². The lowest BCUT2D eigenvalue weighted by Gasteiger charge is -2.27. The van der Waals surface area contributed by atoms with Crippen molar-refractivity contribution in [1.82, 2.24) is 14.8 Å². The highest BCUT2D eigenvalue weighted by atomic mass is 35.5. The molecule has 2 heterocycles. The normalized spacial score (nSPS) is 14.5. The number of hydrogen-bond acceptors (Lipinski definition) is 7. The number of aromatic nitrogens is 3. The summed E-state index contributed by atoms with van der Waals surface area (Å²) in [5.74, 6) is 1.30. The number of benzene rings is 3. The molecule has 39 heavy (non-hydrogen) atoms. The minimum Gasteiger partial charge on any atom is -0.489 e. The number of nitrogens with one attached hydrogen (secondary N) is 1. The third kappa shape index (κ3) is 5.89. The highest BCUT2D eigenvalue weighted by molar-refractivity contribution is 7.98. The molecule has 200 valence electrons. The Kier molecular flexibility index (Phi) is 8.37. The van der Waals surface area contributed by atoms with E-state index in [0.29, 0.717) is 54.5 Å². The van der Waals surface area contributed by atoms with Crippen molar-refractivity contribution in [3.8, 4) is 5.75 Å². The van der Waals surface area contributed by atoms with E-state index in [-0.39, 0.29) is 6.61 Å². The Morgan fingerprint density at radius 2 is 1.69 bits per heavy atom. The average Bonchev–Trinajstić information content (AvgIpc) is 3.34. The van der Waals surface area contributed by atoms with Gasteiger partial charge in [-0.05, 0) is 48.4 Å². The molecule has 0 radical (unpaired) electrons. The summed E-state index contributed by atoms with van der Waals surface area (Å²) in [5.41, 5.74) is 3.59. The smallest absolute Gasteiger partial charge is 0.338 e. The van der Waals surface area contributed by atoms with E-state index in [1.54, 1.807) is 22.9 Å². The van der Waals surface area contributed by atoms with Crippen molar-refractivity contribution < 1.29 is 14.3 Å². The SMILES string of the molecule is COC(=O)C1=C(C)Nc2nc(SCc3ccccc3Cl)nn2C1c1ccc(OCc2c(Cl)cccc2Cl)cc1. The molecular formula is C28H23Cl3N4O3S. The average molecular weight is 602 g/mol. The van der Waals surface area contributed by atoms with Crippen LogP contribution in [0.2, 0.25) is 15.1 Å². The second-order valence-corrected chi connectivity index (χ2v) is 10.8. The van der Waals surface area contributed by atoms with Crippen molar-refractivity contribution in [3.05, 3.63) is 110 Å². The second kappa shape index (κ2) is 11.9. The lowest BCUT2D eigenvalue weighted by molar-refractivity contribution is -0.136. The molecular weight excluding hydrogens is 579 g/mol. The number of allylic oxidation sites excluding steroid dienone is 1. The predicted molar refractivity (Wildman–Crippen MR) is 155 cm³/mol. The van der Waals surface area contributed by atoms with Gasteiger partial charge in [-0.1, -0.05) is 83.0 Å². The third-order valence-corrected chi connectivity index (χ3v) is 8.16. The number of hydrogen-bond donors (Lipinski definition) is 1. The fraction of sp³-hybridized carbons (Fsp3) is 0.179. The zero-order chi connectivity index (χ0) is 27.5. The van der Waals surface area contributed by atoms with E-state index in [1.165, 1.54) is 18.9 Å². The fourth-order valence-electron chi connectivity index (χ4n) is 4.20. The van der Waals surface area contributed by atoms with E-state index in [2.05, 4.69) is 10.3 Å². The zero-order valence-electron chi connectivity index (χ0n) is 21.0. The molecule has 1 atom stereocenters. The maximum Gasteiger partial charge on any atom is 0.338 e. The van der Waals surface area contributed by atoms with Crippen LogP contribution in [-0.4, -0.2) is 27.8 Å². The Balaban J connectivity index is 1.41. The second-order valence-electron chi connectivity index (χ2n) is 8.66. The predicted octanol–water partition coefficient (Wildman–Crippen LogP) is 7.57. The van der Waals surface area contributed by atoms with E-state index in [9.17, 15) is 4.79 Å². The van der Waals surface area contributed by atoms with E-state index < -0.39 is 12.0 Å². The lowest BCUT2D eigenvalue weighted by atomic mass is 9.96. The largest absolute Gasteiger partial charge is 0.489 e. The molecule has 3 aromatic carbocycles. The Morgan fingerprint density at radius 1 is 1.00 bits per heavy atom. The van der Waals surface area contributed by atoms with Crippen LogP contribution in [0.25, 0.3) is 0 Å². The molecule has 0 amide bonds. The highest BCUT2D eigenvalue weighted by Gasteiger charge is 2.35. The number of nitrogens with zero attached hydrogens (tertiary/aromatic N) is 3. The van der Waals surface area contributed by atoms with E-state index in [0.717, 1.165) is 11.1 Å². The summed E-state index contributed by atoms with van der Waals surface area (Å²) in [4.78, 5) is 17.5. The monoisotopic (exact) mass is 600 g/mol. The number of carbonyl (C=O) groups excluding carboxylic acids is 1. The van der Waals surface area contributed by atoms with Crippen LogP contribution >= 0.6 is 46.6 Å². The maximum atomic E-state index is 12.9. The zero-order valence-corrected chi connectivity index (χ0v) is 24.0. The molecule has 1 unspecified atom stereocenters. The first-order chi connectivity index (χ1) is 18.9. The number of methoxy groups -OCH3 is 1. The molecule has 0 saturated heterocycles. The van der Waals surface area contributed by atoms with Gasteiger partial charge in [0.2, 0.25) is 11.1 Å². The molecule has 1 aliphatic rings. The van der Waals surface area contributed by atoms with Crippen LogP contribution in [0.5, 0.6) is 5.75 Å². The molecule has 0 bridgehead atoms. The highest BCUT2D eigenvalue weighted by Crippen LogP contribution is 2.38. The molecule has 4 aromatic rings. The maximum absolute atomic E-state index is 12.9. The number of carbonyl (C=O) groups is 1. The first-order valence-electron chi connectivity index (χ1n) is 11.9. The Hall–Kier alpha value is -3.17. The quantitative estimate of drug-likeness (QED) is 0.165. The van der Waals surface area contributed by atoms with E-state index in [4.69, 9.17) is 49.4 Å². The van der Waals surface area contributed by atoms with Gasteiger partial charge in [0.25, 0.3) is 0 Å². The van der Waals surface area contributed by atoms with Gasteiger partial charge in [-0.3, -0.25) is 0 Å². The number of esters is 1. The summed E-state index contributed by atoms with van der Waals surface area (Å²) in [7, 11) is 1.36. The van der Waals surface area contributed by atoms with Gasteiger partial charge in [0, 0.05) is 32.1 Å². The van der Waals surface area contributed by atoms with Gasteiger partial charge in [0.05, 0.1) is 12.7 Å². The Labute approximate surface area is 245 Å². The summed E-state index contributed by atoms with van der Waals surface area (Å²) in [5, 5.41) is 10.3. The number of rotatable bonds is 8. The van der Waals surface area contributed by atoms with E-state index >= 15 is 0 Å². The molecule has 5 rings (SSSR count). The Bertz CT molecular complexity index is 1540.